The van der Waals surface area contributed by atoms with Gasteiger partial charge in [0.15, 0.2) is 0 Å². The Kier molecular flexibility index (Phi) is 5.09. The van der Waals surface area contributed by atoms with Crippen molar-refractivity contribution in [1.29, 1.82) is 0 Å². The van der Waals surface area contributed by atoms with E-state index in [4.69, 9.17) is 9.57 Å². The molecule has 1 rings (SSSR count). The molecule has 0 spiro atoms. The highest BCUT2D eigenvalue weighted by atomic mass is 16.6. The molecule has 0 N–H and O–H groups in total. The zero-order valence-corrected chi connectivity index (χ0v) is 9.47. The second kappa shape index (κ2) is 6.64. The molecule has 1 aliphatic rings. The van der Waals surface area contributed by atoms with Gasteiger partial charge in [-0.05, 0) is 31.2 Å². The predicted molar refractivity (Wildman–Crippen MR) is 61.0 cm³/mol. The minimum absolute atomic E-state index is 0.240. The SMILES string of the molecule is CCON=C=C1C=CC(C(=O)OCC)C=C1. The van der Waals surface area contributed by atoms with Crippen molar-refractivity contribution in [2.45, 2.75) is 13.8 Å². The Bertz CT molecular complexity index is 346. The highest BCUT2D eigenvalue weighted by Crippen LogP contribution is 2.13. The summed E-state index contributed by atoms with van der Waals surface area (Å²) in [6.45, 7) is 4.54. The highest BCUT2D eigenvalue weighted by Gasteiger charge is 2.15. The third-order valence-corrected chi connectivity index (χ3v) is 1.89. The second-order valence-corrected chi connectivity index (χ2v) is 3.07. The molecule has 0 bridgehead atoms. The van der Waals surface area contributed by atoms with E-state index in [1.165, 1.54) is 0 Å². The summed E-state index contributed by atoms with van der Waals surface area (Å²) in [6.07, 6.45) is 7.04. The Hall–Kier alpha value is -1.80. The minimum atomic E-state index is -0.308. The molecule has 0 aromatic rings. The van der Waals surface area contributed by atoms with E-state index in [0.29, 0.717) is 13.2 Å². The first-order valence-electron chi connectivity index (χ1n) is 5.26. The summed E-state index contributed by atoms with van der Waals surface area (Å²) in [5, 5.41) is 3.61. The summed E-state index contributed by atoms with van der Waals surface area (Å²) in [6, 6.07) is 0. The standard InChI is InChI=1S/C12H15NO3/c1-3-15-12(14)11-7-5-10(6-8-11)9-13-16-4-2/h5-8,11H,3-4H2,1-2H3. The smallest absolute Gasteiger partial charge is 0.316 e. The molecule has 0 aromatic carbocycles. The van der Waals surface area contributed by atoms with Crippen LogP contribution in [0.2, 0.25) is 0 Å². The van der Waals surface area contributed by atoms with Gasteiger partial charge in [-0.1, -0.05) is 12.2 Å². The van der Waals surface area contributed by atoms with Crippen molar-refractivity contribution in [1.82, 2.24) is 0 Å². The van der Waals surface area contributed by atoms with E-state index in [2.05, 4.69) is 11.0 Å². The van der Waals surface area contributed by atoms with Crippen molar-refractivity contribution in [3.05, 3.63) is 29.9 Å². The molecule has 86 valence electrons. The summed E-state index contributed by atoms with van der Waals surface area (Å²) in [5.41, 5.74) is 0.772. The van der Waals surface area contributed by atoms with Crippen LogP contribution in [0.4, 0.5) is 0 Å². The first-order valence-corrected chi connectivity index (χ1v) is 5.26. The molecular formula is C12H15NO3. The van der Waals surface area contributed by atoms with Crippen LogP contribution in [0.3, 0.4) is 0 Å². The van der Waals surface area contributed by atoms with Gasteiger partial charge < -0.3 is 9.57 Å². The van der Waals surface area contributed by atoms with Crippen LogP contribution in [0.25, 0.3) is 0 Å². The maximum absolute atomic E-state index is 11.4. The zero-order chi connectivity index (χ0) is 11.8. The van der Waals surface area contributed by atoms with E-state index in [1.54, 1.807) is 31.2 Å². The molecule has 16 heavy (non-hydrogen) atoms. The average Bonchev–Trinajstić information content (AvgIpc) is 2.30. The van der Waals surface area contributed by atoms with Gasteiger partial charge in [-0.2, -0.15) is 0 Å². The molecule has 0 unspecified atom stereocenters. The van der Waals surface area contributed by atoms with Gasteiger partial charge in [-0.25, -0.2) is 0 Å². The third kappa shape index (κ3) is 3.75. The first-order chi connectivity index (χ1) is 7.77. The lowest BCUT2D eigenvalue weighted by molar-refractivity contribution is -0.144. The molecule has 4 nitrogen and oxygen atoms in total. The van der Waals surface area contributed by atoms with Crippen LogP contribution < -0.4 is 0 Å². The molecule has 0 heterocycles. The van der Waals surface area contributed by atoms with Crippen molar-refractivity contribution in [2.75, 3.05) is 13.2 Å². The largest absolute Gasteiger partial charge is 0.465 e. The second-order valence-electron chi connectivity index (χ2n) is 3.07. The molecular weight excluding hydrogens is 206 g/mol. The van der Waals surface area contributed by atoms with Gasteiger partial charge in [0.25, 0.3) is 0 Å². The molecule has 0 saturated heterocycles. The maximum Gasteiger partial charge on any atom is 0.316 e. The summed E-state index contributed by atoms with van der Waals surface area (Å²) in [5.74, 6) is 2.16. The Morgan fingerprint density at radius 2 is 2.06 bits per heavy atom. The average molecular weight is 221 g/mol. The Morgan fingerprint density at radius 3 is 2.62 bits per heavy atom. The lowest BCUT2D eigenvalue weighted by Gasteiger charge is -2.09. The lowest BCUT2D eigenvalue weighted by atomic mass is 10.0. The van der Waals surface area contributed by atoms with Crippen LogP contribution in [-0.2, 0) is 14.4 Å². The summed E-state index contributed by atoms with van der Waals surface area (Å²) < 4.78 is 4.90. The lowest BCUT2D eigenvalue weighted by Crippen LogP contribution is -2.14. The van der Waals surface area contributed by atoms with E-state index < -0.39 is 0 Å². The molecule has 4 heteroatoms. The number of rotatable bonds is 4. The van der Waals surface area contributed by atoms with E-state index >= 15 is 0 Å². The van der Waals surface area contributed by atoms with Crippen LogP contribution in [-0.4, -0.2) is 25.1 Å². The number of carbonyl (C=O) groups is 1. The van der Waals surface area contributed by atoms with E-state index in [9.17, 15) is 4.79 Å². The number of esters is 1. The van der Waals surface area contributed by atoms with Gasteiger partial charge in [-0.3, -0.25) is 4.79 Å². The van der Waals surface area contributed by atoms with Gasteiger partial charge in [0.05, 0.1) is 12.5 Å². The molecule has 0 fully saturated rings. The number of ether oxygens (including phenoxy) is 1. The normalized spacial score (nSPS) is 17.9. The Labute approximate surface area is 94.9 Å². The van der Waals surface area contributed by atoms with E-state index in [0.717, 1.165) is 5.57 Å². The monoisotopic (exact) mass is 221 g/mol. The van der Waals surface area contributed by atoms with Crippen molar-refractivity contribution < 1.29 is 14.4 Å². The molecule has 0 atom stereocenters. The quantitative estimate of drug-likeness (QED) is 0.413. The summed E-state index contributed by atoms with van der Waals surface area (Å²) in [4.78, 5) is 16.1. The predicted octanol–water partition coefficient (Wildman–Crippen LogP) is 1.84. The van der Waals surface area contributed by atoms with Gasteiger partial charge >= 0.3 is 5.97 Å². The highest BCUT2D eigenvalue weighted by molar-refractivity contribution is 5.79. The molecule has 1 aliphatic carbocycles. The Morgan fingerprint density at radius 1 is 1.38 bits per heavy atom. The van der Waals surface area contributed by atoms with Gasteiger partial charge in [0, 0.05) is 11.4 Å². The fourth-order valence-electron chi connectivity index (χ4n) is 1.15. The van der Waals surface area contributed by atoms with Crippen molar-refractivity contribution in [2.24, 2.45) is 11.1 Å². The number of hydrogen-bond acceptors (Lipinski definition) is 4. The summed E-state index contributed by atoms with van der Waals surface area (Å²) >= 11 is 0. The number of allylic oxidation sites excluding steroid dienone is 3. The van der Waals surface area contributed by atoms with Crippen LogP contribution >= 0.6 is 0 Å². The number of hydrogen-bond donors (Lipinski definition) is 0. The van der Waals surface area contributed by atoms with Crippen molar-refractivity contribution >= 4 is 11.8 Å². The topological polar surface area (TPSA) is 47.9 Å². The molecule has 0 radical (unpaired) electrons. The van der Waals surface area contributed by atoms with Crippen molar-refractivity contribution in [3.8, 4) is 0 Å². The Balaban J connectivity index is 2.59. The first kappa shape index (κ1) is 12.3. The number of carbonyl (C=O) groups excluding carboxylic acids is 1. The van der Waals surface area contributed by atoms with Crippen molar-refractivity contribution in [3.63, 3.8) is 0 Å². The third-order valence-electron chi connectivity index (χ3n) is 1.89. The molecule has 0 aliphatic heterocycles. The minimum Gasteiger partial charge on any atom is -0.465 e. The zero-order valence-electron chi connectivity index (χ0n) is 9.47. The maximum atomic E-state index is 11.4. The fraction of sp³-hybridized carbons (Fsp3) is 0.417. The van der Waals surface area contributed by atoms with Crippen LogP contribution in [0.5, 0.6) is 0 Å². The van der Waals surface area contributed by atoms with Gasteiger partial charge in [-0.15, -0.1) is 0 Å². The molecule has 0 aromatic heterocycles. The molecule has 0 saturated carbocycles. The van der Waals surface area contributed by atoms with Crippen LogP contribution in [0, 0.1) is 5.92 Å². The summed E-state index contributed by atoms with van der Waals surface area (Å²) in [7, 11) is 0. The van der Waals surface area contributed by atoms with Gasteiger partial charge in [0.1, 0.15) is 6.61 Å². The van der Waals surface area contributed by atoms with Crippen LogP contribution in [0.1, 0.15) is 13.8 Å². The van der Waals surface area contributed by atoms with Gasteiger partial charge in [0.2, 0.25) is 0 Å². The van der Waals surface area contributed by atoms with E-state index in [-0.39, 0.29) is 11.9 Å². The number of nitrogens with zero attached hydrogens (tertiary/aromatic N) is 1. The molecule has 0 amide bonds. The fourth-order valence-corrected chi connectivity index (χ4v) is 1.15. The van der Waals surface area contributed by atoms with Crippen LogP contribution in [0.15, 0.2) is 35.0 Å². The van der Waals surface area contributed by atoms with E-state index in [1.807, 2.05) is 6.92 Å².